The molecule has 0 aliphatic carbocycles. The molecule has 82 valence electrons. The fourth-order valence-electron chi connectivity index (χ4n) is 1.21. The van der Waals surface area contributed by atoms with Crippen LogP contribution in [0.3, 0.4) is 0 Å². The third kappa shape index (κ3) is 2.35. The summed E-state index contributed by atoms with van der Waals surface area (Å²) in [5, 5.41) is 19.5. The first-order valence-electron chi connectivity index (χ1n) is 4.10. The minimum atomic E-state index is -1.32. The first kappa shape index (κ1) is 12.1. The molecule has 1 unspecified atom stereocenters. The van der Waals surface area contributed by atoms with Gasteiger partial charge in [0.05, 0.1) is 16.6 Å². The zero-order valence-corrected chi connectivity index (χ0v) is 9.47. The molecule has 0 aromatic heterocycles. The van der Waals surface area contributed by atoms with Gasteiger partial charge in [-0.2, -0.15) is 5.26 Å². The smallest absolute Gasteiger partial charge is 0.274 e. The Morgan fingerprint density at radius 3 is 2.69 bits per heavy atom. The van der Waals surface area contributed by atoms with Crippen molar-refractivity contribution in [2.24, 2.45) is 5.73 Å². The lowest BCUT2D eigenvalue weighted by Crippen LogP contribution is -2.20. The summed E-state index contributed by atoms with van der Waals surface area (Å²) in [4.78, 5) is 21.0. The Morgan fingerprint density at radius 2 is 2.25 bits per heavy atom. The van der Waals surface area contributed by atoms with Crippen molar-refractivity contribution in [2.45, 2.75) is 5.92 Å². The van der Waals surface area contributed by atoms with E-state index in [1.54, 1.807) is 6.07 Å². The number of primary amides is 1. The van der Waals surface area contributed by atoms with Gasteiger partial charge < -0.3 is 5.73 Å². The summed E-state index contributed by atoms with van der Waals surface area (Å²) < 4.78 is 0.537. The van der Waals surface area contributed by atoms with Crippen LogP contribution < -0.4 is 5.73 Å². The second-order valence-corrected chi connectivity index (χ2v) is 3.84. The largest absolute Gasteiger partial charge is 0.368 e. The predicted molar refractivity (Wildman–Crippen MR) is 58.3 cm³/mol. The summed E-state index contributed by atoms with van der Waals surface area (Å²) in [7, 11) is 0. The molecule has 1 aromatic carbocycles. The van der Waals surface area contributed by atoms with E-state index in [0.29, 0.717) is 4.47 Å². The van der Waals surface area contributed by atoms with E-state index in [-0.39, 0.29) is 11.3 Å². The Balaban J connectivity index is 3.40. The Labute approximate surface area is 98.9 Å². The molecule has 0 heterocycles. The number of nitriles is 1. The highest BCUT2D eigenvalue weighted by atomic mass is 79.9. The van der Waals surface area contributed by atoms with E-state index in [0.717, 1.165) is 0 Å². The van der Waals surface area contributed by atoms with Crippen molar-refractivity contribution in [3.8, 4) is 6.07 Å². The van der Waals surface area contributed by atoms with Crippen molar-refractivity contribution in [1.82, 2.24) is 0 Å². The van der Waals surface area contributed by atoms with Crippen LogP contribution in [0.5, 0.6) is 0 Å². The Morgan fingerprint density at radius 1 is 1.62 bits per heavy atom. The van der Waals surface area contributed by atoms with Gasteiger partial charge in [0, 0.05) is 10.5 Å². The van der Waals surface area contributed by atoms with Gasteiger partial charge in [0.15, 0.2) is 5.92 Å². The molecule has 1 amide bonds. The van der Waals surface area contributed by atoms with Gasteiger partial charge in [0.2, 0.25) is 5.91 Å². The number of carbonyl (C=O) groups excluding carboxylic acids is 1. The van der Waals surface area contributed by atoms with Crippen LogP contribution in [0, 0.1) is 21.4 Å². The first-order valence-corrected chi connectivity index (χ1v) is 4.89. The fraction of sp³-hybridized carbons (Fsp3) is 0.111. The molecule has 2 N–H and O–H groups in total. The minimum absolute atomic E-state index is 0.00521. The van der Waals surface area contributed by atoms with Crippen molar-refractivity contribution in [2.75, 3.05) is 0 Å². The summed E-state index contributed by atoms with van der Waals surface area (Å²) in [5.41, 5.74) is 4.70. The summed E-state index contributed by atoms with van der Waals surface area (Å²) in [5.74, 6) is -2.23. The molecule has 1 rings (SSSR count). The van der Waals surface area contributed by atoms with Crippen molar-refractivity contribution >= 4 is 27.5 Å². The lowest BCUT2D eigenvalue weighted by atomic mass is 9.98. The third-order valence-corrected chi connectivity index (χ3v) is 2.40. The standard InChI is InChI=1S/C9H6BrN3O3/c10-5-1-2-8(13(15)16)6(3-5)7(4-11)9(12)14/h1-3,7H,(H2,12,14). The average Bonchev–Trinajstić information content (AvgIpc) is 2.17. The molecule has 0 aliphatic rings. The SMILES string of the molecule is N#CC(C(N)=O)c1cc(Br)ccc1[N+](=O)[O-]. The van der Waals surface area contributed by atoms with Crippen LogP contribution in [-0.2, 0) is 4.79 Å². The van der Waals surface area contributed by atoms with E-state index in [1.165, 1.54) is 18.2 Å². The van der Waals surface area contributed by atoms with Crippen LogP contribution in [-0.4, -0.2) is 10.8 Å². The first-order chi connectivity index (χ1) is 7.47. The normalized spacial score (nSPS) is 11.5. The third-order valence-electron chi connectivity index (χ3n) is 1.91. The van der Waals surface area contributed by atoms with Gasteiger partial charge >= 0.3 is 0 Å². The van der Waals surface area contributed by atoms with Crippen LogP contribution in [0.25, 0.3) is 0 Å². The number of rotatable bonds is 3. The number of benzene rings is 1. The molecule has 16 heavy (non-hydrogen) atoms. The Bertz CT molecular complexity index is 495. The van der Waals surface area contributed by atoms with Gasteiger partial charge in [-0.3, -0.25) is 14.9 Å². The number of halogens is 1. The molecule has 0 spiro atoms. The quantitative estimate of drug-likeness (QED) is 0.668. The van der Waals surface area contributed by atoms with Crippen LogP contribution in [0.2, 0.25) is 0 Å². The maximum absolute atomic E-state index is 11.0. The number of carbonyl (C=O) groups is 1. The van der Waals surface area contributed by atoms with E-state index in [1.807, 2.05) is 0 Å². The van der Waals surface area contributed by atoms with Gasteiger partial charge in [-0.15, -0.1) is 0 Å². The number of nitro benzene ring substituents is 1. The highest BCUT2D eigenvalue weighted by Crippen LogP contribution is 2.29. The van der Waals surface area contributed by atoms with E-state index in [9.17, 15) is 14.9 Å². The summed E-state index contributed by atoms with van der Waals surface area (Å²) in [6.07, 6.45) is 0. The highest BCUT2D eigenvalue weighted by molar-refractivity contribution is 9.10. The lowest BCUT2D eigenvalue weighted by Gasteiger charge is -2.06. The number of hydrogen-bond acceptors (Lipinski definition) is 4. The van der Waals surface area contributed by atoms with Crippen LogP contribution >= 0.6 is 15.9 Å². The highest BCUT2D eigenvalue weighted by Gasteiger charge is 2.26. The molecule has 6 nitrogen and oxygen atoms in total. The van der Waals surface area contributed by atoms with Crippen LogP contribution in [0.1, 0.15) is 11.5 Å². The minimum Gasteiger partial charge on any atom is -0.368 e. The van der Waals surface area contributed by atoms with Gasteiger partial charge in [-0.25, -0.2) is 0 Å². The lowest BCUT2D eigenvalue weighted by molar-refractivity contribution is -0.385. The molecular formula is C9H6BrN3O3. The zero-order valence-electron chi connectivity index (χ0n) is 7.88. The molecule has 0 fully saturated rings. The van der Waals surface area contributed by atoms with Gasteiger partial charge in [-0.1, -0.05) is 15.9 Å². The fourth-order valence-corrected chi connectivity index (χ4v) is 1.59. The van der Waals surface area contributed by atoms with E-state index in [2.05, 4.69) is 15.9 Å². The second kappa shape index (κ2) is 4.72. The monoisotopic (exact) mass is 283 g/mol. The van der Waals surface area contributed by atoms with E-state index < -0.39 is 16.7 Å². The number of nitrogens with zero attached hydrogens (tertiary/aromatic N) is 2. The molecule has 0 saturated carbocycles. The summed E-state index contributed by atoms with van der Waals surface area (Å²) in [6.45, 7) is 0. The number of hydrogen-bond donors (Lipinski definition) is 1. The number of amides is 1. The molecule has 1 aromatic rings. The van der Waals surface area contributed by atoms with E-state index >= 15 is 0 Å². The van der Waals surface area contributed by atoms with Crippen molar-refractivity contribution in [1.29, 1.82) is 5.26 Å². The average molecular weight is 284 g/mol. The van der Waals surface area contributed by atoms with Gasteiger partial charge in [0.25, 0.3) is 5.69 Å². The zero-order chi connectivity index (χ0) is 12.3. The maximum atomic E-state index is 11.0. The van der Waals surface area contributed by atoms with E-state index in [4.69, 9.17) is 11.0 Å². The molecule has 0 aliphatic heterocycles. The molecular weight excluding hydrogens is 278 g/mol. The van der Waals surface area contributed by atoms with Gasteiger partial charge in [0.1, 0.15) is 0 Å². The number of nitro groups is 1. The van der Waals surface area contributed by atoms with Crippen molar-refractivity contribution in [3.63, 3.8) is 0 Å². The number of nitrogens with two attached hydrogens (primary N) is 1. The summed E-state index contributed by atoms with van der Waals surface area (Å²) >= 11 is 3.11. The molecule has 0 saturated heterocycles. The van der Waals surface area contributed by atoms with Crippen molar-refractivity contribution in [3.05, 3.63) is 38.3 Å². The maximum Gasteiger partial charge on any atom is 0.274 e. The molecule has 7 heteroatoms. The molecule has 1 atom stereocenters. The Kier molecular flexibility index (Phi) is 3.58. The topological polar surface area (TPSA) is 110 Å². The van der Waals surface area contributed by atoms with Crippen molar-refractivity contribution < 1.29 is 9.72 Å². The van der Waals surface area contributed by atoms with Crippen LogP contribution in [0.4, 0.5) is 5.69 Å². The molecule has 0 bridgehead atoms. The molecule has 0 radical (unpaired) electrons. The van der Waals surface area contributed by atoms with Gasteiger partial charge in [-0.05, 0) is 12.1 Å². The predicted octanol–water partition coefficient (Wildman–Crippen LogP) is 1.45. The summed E-state index contributed by atoms with van der Waals surface area (Å²) in [6, 6.07) is 5.65. The Hall–Kier alpha value is -1.94. The second-order valence-electron chi connectivity index (χ2n) is 2.92. The van der Waals surface area contributed by atoms with Crippen LogP contribution in [0.15, 0.2) is 22.7 Å².